The average Bonchev–Trinajstić information content (AvgIpc) is 3.19. The maximum Gasteiger partial charge on any atom is 0.345 e. The van der Waals surface area contributed by atoms with E-state index in [-0.39, 0.29) is 17.4 Å². The number of hydrogen-bond donors (Lipinski definition) is 2. The number of thiophene rings is 1. The van der Waals surface area contributed by atoms with Gasteiger partial charge in [-0.2, -0.15) is 0 Å². The molecule has 1 aromatic rings. The summed E-state index contributed by atoms with van der Waals surface area (Å²) in [6.45, 7) is 0. The number of aliphatic hydroxyl groups is 1. The lowest BCUT2D eigenvalue weighted by Crippen LogP contribution is -2.19. The fraction of sp³-hybridized carbons (Fsp3) is 0.667. The molecule has 0 amide bonds. The van der Waals surface area contributed by atoms with E-state index >= 15 is 0 Å². The Morgan fingerprint density at radius 1 is 1.23 bits per heavy atom. The summed E-state index contributed by atoms with van der Waals surface area (Å²) < 4.78 is 0. The molecule has 0 aliphatic heterocycles. The first-order valence-corrected chi connectivity index (χ1v) is 11.1. The van der Waals surface area contributed by atoms with Crippen LogP contribution in [0.5, 0.6) is 0 Å². The summed E-state index contributed by atoms with van der Waals surface area (Å²) in [6, 6.07) is 3.60. The maximum atomic E-state index is 11.0. The second-order valence-electron chi connectivity index (χ2n) is 7.81. The van der Waals surface area contributed by atoms with Gasteiger partial charge in [-0.25, -0.2) is 4.79 Å². The second kappa shape index (κ2) is 9.38. The summed E-state index contributed by atoms with van der Waals surface area (Å²) in [6.07, 6.45) is 14.3. The van der Waals surface area contributed by atoms with Crippen molar-refractivity contribution in [1.82, 2.24) is 0 Å². The van der Waals surface area contributed by atoms with Crippen LogP contribution in [0, 0.1) is 17.8 Å². The molecule has 2 aliphatic rings. The summed E-state index contributed by atoms with van der Waals surface area (Å²) >= 11 is 7.91. The Morgan fingerprint density at radius 2 is 2.00 bits per heavy atom. The number of aromatic carboxylic acids is 1. The third-order valence-corrected chi connectivity index (χ3v) is 7.59. The average molecular weight is 397 g/mol. The number of allylic oxidation sites excluding steroid dienone is 1. The van der Waals surface area contributed by atoms with E-state index in [4.69, 9.17) is 16.7 Å². The zero-order valence-electron chi connectivity index (χ0n) is 15.1. The molecule has 3 rings (SSSR count). The van der Waals surface area contributed by atoms with Gasteiger partial charge in [0.2, 0.25) is 0 Å². The van der Waals surface area contributed by atoms with Crippen molar-refractivity contribution in [3.63, 3.8) is 0 Å². The molecular weight excluding hydrogens is 368 g/mol. The number of halogens is 1. The number of carboxylic acids is 1. The van der Waals surface area contributed by atoms with Crippen LogP contribution in [0.2, 0.25) is 0 Å². The molecule has 2 aliphatic carbocycles. The van der Waals surface area contributed by atoms with Crippen LogP contribution in [0.25, 0.3) is 0 Å². The van der Waals surface area contributed by atoms with Gasteiger partial charge in [0.05, 0.1) is 6.10 Å². The van der Waals surface area contributed by atoms with Crippen molar-refractivity contribution >= 4 is 28.9 Å². The summed E-state index contributed by atoms with van der Waals surface area (Å²) in [4.78, 5) is 12.5. The van der Waals surface area contributed by atoms with Crippen LogP contribution in [0.1, 0.15) is 65.9 Å². The highest BCUT2D eigenvalue weighted by molar-refractivity contribution is 7.13. The number of carboxylic acid groups (broad SMARTS) is 1. The monoisotopic (exact) mass is 396 g/mol. The Morgan fingerprint density at radius 3 is 2.69 bits per heavy atom. The van der Waals surface area contributed by atoms with Gasteiger partial charge in [-0.3, -0.25) is 0 Å². The standard InChI is InChI=1S/C21H29ClO3S/c22-18-13-19(23)17(11-9-14-5-2-1-3-6-14)16(18)8-4-7-15-10-12-20(26-15)21(24)25/h9-12,14,16-19,23H,1-8,13H2,(H,24,25)/t16-,17-,18-,19-/m1/s1. The smallest absolute Gasteiger partial charge is 0.345 e. The predicted molar refractivity (Wildman–Crippen MR) is 107 cm³/mol. The van der Waals surface area contributed by atoms with Crippen molar-refractivity contribution in [2.24, 2.45) is 17.8 Å². The van der Waals surface area contributed by atoms with Gasteiger partial charge >= 0.3 is 5.97 Å². The molecule has 3 nitrogen and oxygen atoms in total. The van der Waals surface area contributed by atoms with Crippen LogP contribution in [-0.2, 0) is 6.42 Å². The molecule has 0 unspecified atom stereocenters. The molecule has 1 aromatic heterocycles. The first kappa shape index (κ1) is 19.9. The first-order valence-electron chi connectivity index (χ1n) is 9.87. The molecule has 0 spiro atoms. The van der Waals surface area contributed by atoms with E-state index in [0.29, 0.717) is 23.1 Å². The molecule has 2 saturated carbocycles. The molecule has 2 N–H and O–H groups in total. The topological polar surface area (TPSA) is 57.5 Å². The Hall–Kier alpha value is -0.840. The second-order valence-corrected chi connectivity index (χ2v) is 9.54. The van der Waals surface area contributed by atoms with E-state index in [1.54, 1.807) is 6.07 Å². The lowest BCUT2D eigenvalue weighted by Gasteiger charge is -2.22. The summed E-state index contributed by atoms with van der Waals surface area (Å²) in [7, 11) is 0. The van der Waals surface area contributed by atoms with Crippen LogP contribution >= 0.6 is 22.9 Å². The lowest BCUT2D eigenvalue weighted by molar-refractivity contribution is 0.0702. The molecule has 0 saturated heterocycles. The van der Waals surface area contributed by atoms with E-state index < -0.39 is 5.97 Å². The lowest BCUT2D eigenvalue weighted by atomic mass is 9.85. The van der Waals surface area contributed by atoms with Crippen LogP contribution < -0.4 is 0 Å². The zero-order valence-corrected chi connectivity index (χ0v) is 16.7. The zero-order chi connectivity index (χ0) is 18.5. The summed E-state index contributed by atoms with van der Waals surface area (Å²) in [5.74, 6) is 0.295. The largest absolute Gasteiger partial charge is 0.477 e. The number of rotatable bonds is 7. The number of alkyl halides is 1. The van der Waals surface area contributed by atoms with Gasteiger partial charge in [-0.15, -0.1) is 22.9 Å². The van der Waals surface area contributed by atoms with Crippen LogP contribution in [0.15, 0.2) is 24.3 Å². The van der Waals surface area contributed by atoms with Crippen molar-refractivity contribution < 1.29 is 15.0 Å². The van der Waals surface area contributed by atoms with E-state index in [9.17, 15) is 9.90 Å². The number of carbonyl (C=O) groups is 1. The van der Waals surface area contributed by atoms with E-state index in [0.717, 1.165) is 24.1 Å². The number of aryl methyl sites for hydroxylation is 1. The van der Waals surface area contributed by atoms with Gasteiger partial charge in [0.15, 0.2) is 0 Å². The predicted octanol–water partition coefficient (Wildman–Crippen LogP) is 5.51. The molecule has 5 heteroatoms. The molecule has 0 bridgehead atoms. The third-order valence-electron chi connectivity index (χ3n) is 5.96. The van der Waals surface area contributed by atoms with Crippen molar-refractivity contribution in [3.05, 3.63) is 34.0 Å². The van der Waals surface area contributed by atoms with Crippen LogP contribution in [-0.4, -0.2) is 27.7 Å². The van der Waals surface area contributed by atoms with Gasteiger partial charge in [-0.1, -0.05) is 31.4 Å². The summed E-state index contributed by atoms with van der Waals surface area (Å²) in [5, 5.41) is 19.5. The van der Waals surface area contributed by atoms with Crippen LogP contribution in [0.3, 0.4) is 0 Å². The maximum absolute atomic E-state index is 11.0. The minimum Gasteiger partial charge on any atom is -0.477 e. The molecule has 1 heterocycles. The van der Waals surface area contributed by atoms with Crippen molar-refractivity contribution in [1.29, 1.82) is 0 Å². The Labute approximate surface area is 165 Å². The molecular formula is C21H29ClO3S. The fourth-order valence-corrected chi connectivity index (χ4v) is 5.85. The van der Waals surface area contributed by atoms with Crippen LogP contribution in [0.4, 0.5) is 0 Å². The molecule has 2 fully saturated rings. The Kier molecular flexibility index (Phi) is 7.19. The summed E-state index contributed by atoms with van der Waals surface area (Å²) in [5.41, 5.74) is 0. The highest BCUT2D eigenvalue weighted by Gasteiger charge is 2.39. The Bertz CT molecular complexity index is 621. The van der Waals surface area contributed by atoms with E-state index in [2.05, 4.69) is 12.2 Å². The SMILES string of the molecule is O=C(O)c1ccc(CCC[C@@H]2[C@@H](C=CC3CCCCC3)[C@H](O)C[C@H]2Cl)s1. The van der Waals surface area contributed by atoms with Gasteiger partial charge in [0, 0.05) is 16.2 Å². The normalized spacial score (nSPS) is 30.2. The minimum absolute atomic E-state index is 0.0314. The highest BCUT2D eigenvalue weighted by atomic mass is 35.5. The van der Waals surface area contributed by atoms with Crippen molar-refractivity contribution in [2.45, 2.75) is 69.3 Å². The van der Waals surface area contributed by atoms with Gasteiger partial charge in [0.25, 0.3) is 0 Å². The quantitative estimate of drug-likeness (QED) is 0.472. The van der Waals surface area contributed by atoms with Gasteiger partial charge in [0.1, 0.15) is 4.88 Å². The van der Waals surface area contributed by atoms with Crippen molar-refractivity contribution in [3.8, 4) is 0 Å². The number of hydrogen-bond acceptors (Lipinski definition) is 3. The Balaban J connectivity index is 1.53. The number of aliphatic hydroxyl groups excluding tert-OH is 1. The van der Waals surface area contributed by atoms with Gasteiger partial charge in [-0.05, 0) is 62.5 Å². The first-order chi connectivity index (χ1) is 12.5. The third kappa shape index (κ3) is 5.11. The highest BCUT2D eigenvalue weighted by Crippen LogP contribution is 2.40. The molecule has 0 radical (unpaired) electrons. The van der Waals surface area contributed by atoms with Crippen molar-refractivity contribution in [2.75, 3.05) is 0 Å². The molecule has 4 atom stereocenters. The molecule has 144 valence electrons. The van der Waals surface area contributed by atoms with E-state index in [1.807, 2.05) is 6.07 Å². The molecule has 0 aromatic carbocycles. The molecule has 26 heavy (non-hydrogen) atoms. The minimum atomic E-state index is -0.853. The van der Waals surface area contributed by atoms with Gasteiger partial charge < -0.3 is 10.2 Å². The van der Waals surface area contributed by atoms with E-state index in [1.165, 1.54) is 43.4 Å². The fourth-order valence-electron chi connectivity index (χ4n) is 4.48.